The molecule has 1 aliphatic rings. The zero-order valence-corrected chi connectivity index (χ0v) is 14.7. The van der Waals surface area contributed by atoms with Crippen LogP contribution in [0.15, 0.2) is 54.1 Å². The summed E-state index contributed by atoms with van der Waals surface area (Å²) in [6, 6.07) is 12.4. The van der Waals surface area contributed by atoms with E-state index in [1.165, 1.54) is 24.3 Å². The fourth-order valence-corrected chi connectivity index (χ4v) is 2.43. The second kappa shape index (κ2) is 8.81. The van der Waals surface area contributed by atoms with Crippen LogP contribution < -0.4 is 15.4 Å². The Hall–Kier alpha value is -3.68. The van der Waals surface area contributed by atoms with Crippen molar-refractivity contribution in [2.75, 3.05) is 25.1 Å². The van der Waals surface area contributed by atoms with Gasteiger partial charge in [-0.1, -0.05) is 18.2 Å². The highest BCUT2D eigenvalue weighted by molar-refractivity contribution is 5.97. The Morgan fingerprint density at radius 2 is 1.79 bits per heavy atom. The fourth-order valence-electron chi connectivity index (χ4n) is 2.43. The standard InChI is InChI=1S/C20H17FN2O5/c21-15-5-7-16(8-6-15)23-18(24)10-22-19(25)12-28-20(26)14-9-13-3-1-2-4-17(13)27-11-14/h1-9H,10-12H2,(H,22,25)(H,23,24). The highest BCUT2D eigenvalue weighted by Gasteiger charge is 2.19. The molecule has 2 aromatic rings. The Morgan fingerprint density at radius 1 is 1.04 bits per heavy atom. The van der Waals surface area contributed by atoms with Crippen LogP contribution >= 0.6 is 0 Å². The number of nitrogens with one attached hydrogen (secondary N) is 2. The van der Waals surface area contributed by atoms with Gasteiger partial charge in [-0.25, -0.2) is 9.18 Å². The molecule has 0 unspecified atom stereocenters. The van der Waals surface area contributed by atoms with Crippen LogP contribution in [0.5, 0.6) is 5.75 Å². The van der Waals surface area contributed by atoms with E-state index >= 15 is 0 Å². The molecular formula is C20H17FN2O5. The molecule has 0 saturated heterocycles. The van der Waals surface area contributed by atoms with Gasteiger partial charge in [0, 0.05) is 11.3 Å². The maximum Gasteiger partial charge on any atom is 0.338 e. The van der Waals surface area contributed by atoms with Gasteiger partial charge in [-0.15, -0.1) is 0 Å². The van der Waals surface area contributed by atoms with E-state index in [2.05, 4.69) is 10.6 Å². The van der Waals surface area contributed by atoms with Gasteiger partial charge in [-0.3, -0.25) is 9.59 Å². The molecule has 0 aliphatic carbocycles. The van der Waals surface area contributed by atoms with Crippen molar-refractivity contribution in [3.05, 3.63) is 65.5 Å². The number of hydrogen-bond acceptors (Lipinski definition) is 5. The summed E-state index contributed by atoms with van der Waals surface area (Å²) in [5.74, 6) is -1.54. The Balaban J connectivity index is 1.42. The molecule has 0 saturated carbocycles. The van der Waals surface area contributed by atoms with Gasteiger partial charge in [0.05, 0.1) is 12.1 Å². The minimum atomic E-state index is -0.666. The quantitative estimate of drug-likeness (QED) is 0.742. The summed E-state index contributed by atoms with van der Waals surface area (Å²) in [6.45, 7) is -0.786. The summed E-state index contributed by atoms with van der Waals surface area (Å²) in [5.41, 5.74) is 1.44. The van der Waals surface area contributed by atoms with E-state index in [0.717, 1.165) is 5.56 Å². The first-order valence-corrected chi connectivity index (χ1v) is 8.43. The number of benzene rings is 2. The van der Waals surface area contributed by atoms with Gasteiger partial charge >= 0.3 is 5.97 Å². The Morgan fingerprint density at radius 3 is 2.57 bits per heavy atom. The second-order valence-electron chi connectivity index (χ2n) is 5.90. The first-order chi connectivity index (χ1) is 13.5. The summed E-state index contributed by atoms with van der Waals surface area (Å²) in [7, 11) is 0. The topological polar surface area (TPSA) is 93.7 Å². The first-order valence-electron chi connectivity index (χ1n) is 8.43. The van der Waals surface area contributed by atoms with E-state index < -0.39 is 30.2 Å². The molecule has 0 bridgehead atoms. The third kappa shape index (κ3) is 5.16. The molecule has 1 heterocycles. The van der Waals surface area contributed by atoms with Crippen molar-refractivity contribution in [2.24, 2.45) is 0 Å². The Kier molecular flexibility index (Phi) is 6.01. The monoisotopic (exact) mass is 384 g/mol. The van der Waals surface area contributed by atoms with Crippen molar-refractivity contribution in [2.45, 2.75) is 0 Å². The van der Waals surface area contributed by atoms with Crippen LogP contribution in [-0.2, 0) is 19.1 Å². The minimum absolute atomic E-state index is 0.0531. The fraction of sp³-hybridized carbons (Fsp3) is 0.150. The number of amides is 2. The van der Waals surface area contributed by atoms with Crippen molar-refractivity contribution in [1.29, 1.82) is 0 Å². The van der Waals surface area contributed by atoms with Crippen LogP contribution in [-0.4, -0.2) is 37.5 Å². The molecule has 144 valence electrons. The molecule has 3 rings (SSSR count). The molecule has 2 amide bonds. The molecule has 7 nitrogen and oxygen atoms in total. The molecular weight excluding hydrogens is 367 g/mol. The van der Waals surface area contributed by atoms with E-state index in [1.807, 2.05) is 12.1 Å². The van der Waals surface area contributed by atoms with Gasteiger partial charge in [-0.05, 0) is 36.4 Å². The predicted octanol–water partition coefficient (Wildman–Crippen LogP) is 1.90. The maximum atomic E-state index is 12.8. The second-order valence-corrected chi connectivity index (χ2v) is 5.90. The van der Waals surface area contributed by atoms with Gasteiger partial charge in [-0.2, -0.15) is 0 Å². The van der Waals surface area contributed by atoms with Gasteiger partial charge in [0.1, 0.15) is 18.2 Å². The SMILES string of the molecule is O=C(COC(=O)C1=Cc2ccccc2OC1)NCC(=O)Nc1ccc(F)cc1. The number of esters is 1. The van der Waals surface area contributed by atoms with E-state index in [9.17, 15) is 18.8 Å². The third-order valence-electron chi connectivity index (χ3n) is 3.80. The molecule has 0 aromatic heterocycles. The number of carbonyl (C=O) groups excluding carboxylic acids is 3. The summed E-state index contributed by atoms with van der Waals surface area (Å²) in [4.78, 5) is 35.6. The number of para-hydroxylation sites is 1. The minimum Gasteiger partial charge on any atom is -0.488 e. The largest absolute Gasteiger partial charge is 0.488 e. The number of rotatable bonds is 6. The van der Waals surface area contributed by atoms with Crippen LogP contribution in [0.3, 0.4) is 0 Å². The Bertz CT molecular complexity index is 924. The van der Waals surface area contributed by atoms with E-state index in [4.69, 9.17) is 9.47 Å². The lowest BCUT2D eigenvalue weighted by Crippen LogP contribution is -2.35. The molecule has 0 radical (unpaired) electrons. The van der Waals surface area contributed by atoms with Crippen molar-refractivity contribution in [3.8, 4) is 5.75 Å². The number of hydrogen-bond donors (Lipinski definition) is 2. The predicted molar refractivity (Wildman–Crippen MR) is 98.9 cm³/mol. The zero-order chi connectivity index (χ0) is 19.9. The average Bonchev–Trinajstić information content (AvgIpc) is 2.71. The summed E-state index contributed by atoms with van der Waals surface area (Å²) >= 11 is 0. The van der Waals surface area contributed by atoms with Gasteiger partial charge < -0.3 is 20.1 Å². The van der Waals surface area contributed by atoms with Crippen molar-refractivity contribution in [3.63, 3.8) is 0 Å². The van der Waals surface area contributed by atoms with Crippen LogP contribution in [0.1, 0.15) is 5.56 Å². The van der Waals surface area contributed by atoms with Crippen LogP contribution in [0, 0.1) is 5.82 Å². The van der Waals surface area contributed by atoms with Crippen molar-refractivity contribution in [1.82, 2.24) is 5.32 Å². The third-order valence-corrected chi connectivity index (χ3v) is 3.80. The normalized spacial score (nSPS) is 12.1. The molecule has 2 N–H and O–H groups in total. The number of fused-ring (bicyclic) bond motifs is 1. The summed E-state index contributed by atoms with van der Waals surface area (Å²) in [6.07, 6.45) is 1.65. The Labute approximate surface area is 160 Å². The molecule has 2 aromatic carbocycles. The smallest absolute Gasteiger partial charge is 0.338 e. The maximum absolute atomic E-state index is 12.8. The van der Waals surface area contributed by atoms with Crippen molar-refractivity contribution >= 4 is 29.5 Å². The molecule has 8 heteroatoms. The first kappa shape index (κ1) is 19.1. The lowest BCUT2D eigenvalue weighted by molar-refractivity contribution is -0.145. The summed E-state index contributed by atoms with van der Waals surface area (Å²) in [5, 5.41) is 4.83. The molecule has 0 spiro atoms. The number of halogens is 1. The van der Waals surface area contributed by atoms with Gasteiger partial charge in [0.15, 0.2) is 6.61 Å². The van der Waals surface area contributed by atoms with Crippen LogP contribution in [0.25, 0.3) is 6.08 Å². The molecule has 1 aliphatic heterocycles. The van der Waals surface area contributed by atoms with Crippen LogP contribution in [0.4, 0.5) is 10.1 Å². The molecule has 28 heavy (non-hydrogen) atoms. The van der Waals surface area contributed by atoms with E-state index in [-0.39, 0.29) is 13.2 Å². The van der Waals surface area contributed by atoms with Gasteiger partial charge in [0.2, 0.25) is 5.91 Å². The average molecular weight is 384 g/mol. The molecule has 0 atom stereocenters. The van der Waals surface area contributed by atoms with E-state index in [0.29, 0.717) is 17.0 Å². The summed E-state index contributed by atoms with van der Waals surface area (Å²) < 4.78 is 23.2. The highest BCUT2D eigenvalue weighted by atomic mass is 19.1. The highest BCUT2D eigenvalue weighted by Crippen LogP contribution is 2.25. The zero-order valence-electron chi connectivity index (χ0n) is 14.7. The number of ether oxygens (including phenoxy) is 2. The van der Waals surface area contributed by atoms with Crippen molar-refractivity contribution < 1.29 is 28.2 Å². The molecule has 0 fully saturated rings. The van der Waals surface area contributed by atoms with E-state index in [1.54, 1.807) is 18.2 Å². The van der Waals surface area contributed by atoms with Crippen LogP contribution in [0.2, 0.25) is 0 Å². The number of anilines is 1. The van der Waals surface area contributed by atoms with Gasteiger partial charge in [0.25, 0.3) is 5.91 Å². The lowest BCUT2D eigenvalue weighted by Gasteiger charge is -2.16. The number of carbonyl (C=O) groups is 3. The lowest BCUT2D eigenvalue weighted by atomic mass is 10.1.